The van der Waals surface area contributed by atoms with Gasteiger partial charge in [-0.15, -0.1) is 5.10 Å². The molecule has 1 aliphatic heterocycles. The van der Waals surface area contributed by atoms with Crippen LogP contribution >= 0.6 is 11.6 Å². The van der Waals surface area contributed by atoms with Gasteiger partial charge in [-0.1, -0.05) is 23.7 Å². The SMILES string of the molecule is Cc1cc(Cl)nnc1CN1C(=O)N(C)c2ccccc2S1(=O)=O. The van der Waals surface area contributed by atoms with Crippen LogP contribution in [0.5, 0.6) is 0 Å². The third kappa shape index (κ3) is 2.53. The maximum Gasteiger partial charge on any atom is 0.338 e. The summed E-state index contributed by atoms with van der Waals surface area (Å²) in [5.74, 6) is 0. The molecule has 1 aliphatic rings. The summed E-state index contributed by atoms with van der Waals surface area (Å²) in [5, 5.41) is 7.81. The van der Waals surface area contributed by atoms with Gasteiger partial charge in [0.2, 0.25) is 0 Å². The van der Waals surface area contributed by atoms with E-state index in [1.54, 1.807) is 31.2 Å². The average Bonchev–Trinajstić information content (AvgIpc) is 2.51. The maximum absolute atomic E-state index is 12.7. The quantitative estimate of drug-likeness (QED) is 0.827. The highest BCUT2D eigenvalue weighted by Crippen LogP contribution is 2.34. The van der Waals surface area contributed by atoms with Gasteiger partial charge >= 0.3 is 6.03 Å². The van der Waals surface area contributed by atoms with Gasteiger partial charge in [0.05, 0.1) is 17.9 Å². The van der Waals surface area contributed by atoms with Crippen molar-refractivity contribution in [2.24, 2.45) is 0 Å². The van der Waals surface area contributed by atoms with Crippen molar-refractivity contribution in [1.29, 1.82) is 0 Å². The standard InChI is InChI=1S/C14H13ClN4O3S/c1-9-7-13(15)17-16-10(9)8-19-14(20)18(2)11-5-3-4-6-12(11)23(19,21)22/h3-7H,8H2,1-2H3. The van der Waals surface area contributed by atoms with E-state index in [1.807, 2.05) is 0 Å². The Balaban J connectivity index is 2.08. The minimum Gasteiger partial charge on any atom is -0.295 e. The number of urea groups is 1. The third-order valence-corrected chi connectivity index (χ3v) is 5.60. The van der Waals surface area contributed by atoms with Crippen LogP contribution in [0.3, 0.4) is 0 Å². The van der Waals surface area contributed by atoms with Crippen LogP contribution in [0.15, 0.2) is 35.2 Å². The molecule has 0 fully saturated rings. The van der Waals surface area contributed by atoms with E-state index in [1.165, 1.54) is 18.0 Å². The van der Waals surface area contributed by atoms with Crippen LogP contribution < -0.4 is 4.90 Å². The van der Waals surface area contributed by atoms with Crippen molar-refractivity contribution in [2.75, 3.05) is 11.9 Å². The number of para-hydroxylation sites is 1. The van der Waals surface area contributed by atoms with Crippen molar-refractivity contribution in [1.82, 2.24) is 14.5 Å². The fourth-order valence-electron chi connectivity index (χ4n) is 2.37. The summed E-state index contributed by atoms with van der Waals surface area (Å²) in [5.41, 5.74) is 1.39. The Kier molecular flexibility index (Phi) is 3.73. The number of rotatable bonds is 2. The van der Waals surface area contributed by atoms with E-state index < -0.39 is 16.1 Å². The Hall–Kier alpha value is -2.19. The molecule has 0 atom stereocenters. The van der Waals surface area contributed by atoms with Crippen molar-refractivity contribution >= 4 is 33.3 Å². The number of fused-ring (bicyclic) bond motifs is 1. The fourth-order valence-corrected chi connectivity index (χ4v) is 4.15. The number of carbonyl (C=O) groups excluding carboxylic acids is 1. The van der Waals surface area contributed by atoms with Crippen molar-refractivity contribution < 1.29 is 13.2 Å². The second kappa shape index (κ2) is 5.47. The fraction of sp³-hybridized carbons (Fsp3) is 0.214. The first-order valence-electron chi connectivity index (χ1n) is 6.70. The molecule has 7 nitrogen and oxygen atoms in total. The molecule has 3 rings (SSSR count). The van der Waals surface area contributed by atoms with Crippen molar-refractivity contribution in [3.63, 3.8) is 0 Å². The van der Waals surface area contributed by atoms with Gasteiger partial charge in [-0.2, -0.15) is 5.10 Å². The number of sulfonamides is 1. The molecule has 1 aromatic carbocycles. The molecule has 9 heteroatoms. The van der Waals surface area contributed by atoms with Crippen LogP contribution in [0.2, 0.25) is 5.15 Å². The minimum absolute atomic E-state index is 0.0849. The average molecular weight is 353 g/mol. The minimum atomic E-state index is -3.95. The van der Waals surface area contributed by atoms with E-state index in [-0.39, 0.29) is 16.6 Å². The molecule has 2 amide bonds. The second-order valence-corrected chi connectivity index (χ2v) is 7.34. The van der Waals surface area contributed by atoms with Gasteiger partial charge in [0, 0.05) is 7.05 Å². The molecule has 0 saturated carbocycles. The third-order valence-electron chi connectivity index (χ3n) is 3.65. The lowest BCUT2D eigenvalue weighted by Crippen LogP contribution is -2.48. The van der Waals surface area contributed by atoms with Gasteiger partial charge in [0.25, 0.3) is 10.0 Å². The molecular weight excluding hydrogens is 340 g/mol. The number of aryl methyl sites for hydroxylation is 1. The molecule has 23 heavy (non-hydrogen) atoms. The van der Waals surface area contributed by atoms with Gasteiger partial charge in [0.15, 0.2) is 5.15 Å². The number of hydrogen-bond acceptors (Lipinski definition) is 5. The molecule has 0 spiro atoms. The molecule has 0 saturated heterocycles. The highest BCUT2D eigenvalue weighted by Gasteiger charge is 2.40. The summed E-state index contributed by atoms with van der Waals surface area (Å²) in [6.07, 6.45) is 0. The molecule has 0 bridgehead atoms. The number of amides is 2. The summed E-state index contributed by atoms with van der Waals surface area (Å²) in [6.45, 7) is 1.53. The van der Waals surface area contributed by atoms with Crippen LogP contribution in [0, 0.1) is 6.92 Å². The largest absolute Gasteiger partial charge is 0.338 e. The Labute approximate surface area is 138 Å². The van der Waals surface area contributed by atoms with Crippen LogP contribution in [-0.4, -0.2) is 36.0 Å². The van der Waals surface area contributed by atoms with Crippen LogP contribution in [0.25, 0.3) is 0 Å². The van der Waals surface area contributed by atoms with E-state index in [0.717, 1.165) is 4.31 Å². The molecule has 0 N–H and O–H groups in total. The lowest BCUT2D eigenvalue weighted by molar-refractivity contribution is 0.227. The topological polar surface area (TPSA) is 83.5 Å². The highest BCUT2D eigenvalue weighted by atomic mass is 35.5. The van der Waals surface area contributed by atoms with E-state index in [0.29, 0.717) is 16.9 Å². The Bertz CT molecular complexity index is 901. The van der Waals surface area contributed by atoms with Crippen LogP contribution in [0.1, 0.15) is 11.3 Å². The second-order valence-electron chi connectivity index (χ2n) is 5.12. The van der Waals surface area contributed by atoms with Crippen molar-refractivity contribution in [2.45, 2.75) is 18.4 Å². The number of nitrogens with zero attached hydrogens (tertiary/aromatic N) is 4. The number of carbonyl (C=O) groups is 1. The van der Waals surface area contributed by atoms with Crippen molar-refractivity contribution in [3.8, 4) is 0 Å². The number of aromatic nitrogens is 2. The van der Waals surface area contributed by atoms with Gasteiger partial charge in [-0.25, -0.2) is 17.5 Å². The van der Waals surface area contributed by atoms with E-state index in [4.69, 9.17) is 11.6 Å². The summed E-state index contributed by atoms with van der Waals surface area (Å²) < 4.78 is 26.3. The van der Waals surface area contributed by atoms with E-state index >= 15 is 0 Å². The highest BCUT2D eigenvalue weighted by molar-refractivity contribution is 7.90. The summed E-state index contributed by atoms with van der Waals surface area (Å²) in [6, 6.07) is 7.30. The first kappa shape index (κ1) is 15.7. The first-order valence-corrected chi connectivity index (χ1v) is 8.52. The Morgan fingerprint density at radius 1 is 1.22 bits per heavy atom. The zero-order chi connectivity index (χ0) is 16.8. The zero-order valence-electron chi connectivity index (χ0n) is 12.4. The predicted molar refractivity (Wildman–Crippen MR) is 84.7 cm³/mol. The van der Waals surface area contributed by atoms with E-state index in [9.17, 15) is 13.2 Å². The molecule has 2 heterocycles. The molecule has 0 unspecified atom stereocenters. The first-order chi connectivity index (χ1) is 10.8. The van der Waals surface area contributed by atoms with Gasteiger partial charge < -0.3 is 0 Å². The Morgan fingerprint density at radius 3 is 2.61 bits per heavy atom. The molecule has 0 aliphatic carbocycles. The van der Waals surface area contributed by atoms with Crippen LogP contribution in [0.4, 0.5) is 10.5 Å². The van der Waals surface area contributed by atoms with Gasteiger partial charge in [-0.3, -0.25) is 4.90 Å². The van der Waals surface area contributed by atoms with Crippen LogP contribution in [-0.2, 0) is 16.6 Å². The number of hydrogen-bond donors (Lipinski definition) is 0. The molecule has 1 aromatic heterocycles. The number of benzene rings is 1. The lowest BCUT2D eigenvalue weighted by Gasteiger charge is -2.34. The van der Waals surface area contributed by atoms with Crippen molar-refractivity contribution in [3.05, 3.63) is 46.7 Å². The summed E-state index contributed by atoms with van der Waals surface area (Å²) in [7, 11) is -2.42. The summed E-state index contributed by atoms with van der Waals surface area (Å²) >= 11 is 5.75. The number of halogens is 1. The zero-order valence-corrected chi connectivity index (χ0v) is 14.0. The maximum atomic E-state index is 12.7. The monoisotopic (exact) mass is 352 g/mol. The lowest BCUT2D eigenvalue weighted by atomic mass is 10.2. The Morgan fingerprint density at radius 2 is 1.91 bits per heavy atom. The number of anilines is 1. The molecule has 2 aromatic rings. The van der Waals surface area contributed by atoms with Gasteiger partial charge in [-0.05, 0) is 30.7 Å². The molecular formula is C14H13ClN4O3S. The predicted octanol–water partition coefficient (Wildman–Crippen LogP) is 2.20. The summed E-state index contributed by atoms with van der Waals surface area (Å²) in [4.78, 5) is 13.9. The normalized spacial score (nSPS) is 16.4. The van der Waals surface area contributed by atoms with Gasteiger partial charge in [0.1, 0.15) is 4.90 Å². The van der Waals surface area contributed by atoms with E-state index in [2.05, 4.69) is 10.2 Å². The smallest absolute Gasteiger partial charge is 0.295 e. The molecule has 0 radical (unpaired) electrons. The molecule has 120 valence electrons.